The molecule has 47 heavy (non-hydrogen) atoms. The van der Waals surface area contributed by atoms with Gasteiger partial charge in [-0.15, -0.1) is 6.58 Å². The van der Waals surface area contributed by atoms with Crippen molar-refractivity contribution in [2.75, 3.05) is 24.6 Å². The summed E-state index contributed by atoms with van der Waals surface area (Å²) in [4.78, 5) is 15.9. The Hall–Kier alpha value is -2.81. The van der Waals surface area contributed by atoms with E-state index in [1.165, 1.54) is 11.1 Å². The lowest BCUT2D eigenvalue weighted by molar-refractivity contribution is 0.0456. The second-order valence-corrected chi connectivity index (χ2v) is 16.5. The van der Waals surface area contributed by atoms with E-state index < -0.39 is 27.3 Å². The van der Waals surface area contributed by atoms with Gasteiger partial charge in [0.1, 0.15) is 5.75 Å². The Bertz CT molecular complexity index is 1600. The number of aliphatic hydroxyl groups is 1. The third kappa shape index (κ3) is 7.45. The molecule has 254 valence electrons. The van der Waals surface area contributed by atoms with Crippen LogP contribution in [0.1, 0.15) is 92.6 Å². The summed E-state index contributed by atoms with van der Waals surface area (Å²) in [6.45, 7) is 7.77. The topological polar surface area (TPSA) is 95.9 Å². The maximum Gasteiger partial charge on any atom is 0.264 e. The Balaban J connectivity index is 1.30. The van der Waals surface area contributed by atoms with E-state index in [0.717, 1.165) is 68.5 Å². The second-order valence-electron chi connectivity index (χ2n) is 14.2. The predicted octanol–water partition coefficient (Wildman–Crippen LogP) is 7.36. The number of anilines is 1. The van der Waals surface area contributed by atoms with Crippen LogP contribution in [0.3, 0.4) is 0 Å². The maximum atomic E-state index is 13.6. The number of allylic oxidation sites excluding steroid dienone is 2. The van der Waals surface area contributed by atoms with E-state index >= 15 is 0 Å². The molecule has 1 spiro atoms. The van der Waals surface area contributed by atoms with Crippen LogP contribution < -0.4 is 14.4 Å². The number of benzene rings is 2. The molecule has 0 aromatic heterocycles. The summed E-state index contributed by atoms with van der Waals surface area (Å²) in [7, 11) is -3.86. The zero-order valence-electron chi connectivity index (χ0n) is 27.5. The molecule has 2 N–H and O–H groups in total. The van der Waals surface area contributed by atoms with E-state index in [4.69, 9.17) is 16.3 Å². The number of aryl methyl sites for hydroxylation is 1. The number of carbonyl (C=O) groups is 1. The summed E-state index contributed by atoms with van der Waals surface area (Å²) in [5, 5.41) is 11.2. The molecule has 4 aliphatic rings. The third-order valence-electron chi connectivity index (χ3n) is 10.9. The smallest absolute Gasteiger partial charge is 0.264 e. The fourth-order valence-electron chi connectivity index (χ4n) is 8.01. The van der Waals surface area contributed by atoms with Gasteiger partial charge < -0.3 is 14.7 Å². The Labute approximate surface area is 285 Å². The van der Waals surface area contributed by atoms with E-state index in [2.05, 4.69) is 41.3 Å². The largest absolute Gasteiger partial charge is 0.490 e. The molecule has 6 rings (SSSR count). The fraction of sp³-hybridized carbons (Fsp3) is 0.553. The number of hydrogen-bond acceptors (Lipinski definition) is 6. The number of carbonyl (C=O) groups excluding carboxylic acids is 1. The fourth-order valence-corrected chi connectivity index (χ4v) is 9.96. The van der Waals surface area contributed by atoms with Gasteiger partial charge in [0.05, 0.1) is 23.6 Å². The minimum absolute atomic E-state index is 0.0863. The lowest BCUT2D eigenvalue weighted by atomic mass is 9.68. The molecule has 9 heteroatoms. The zero-order valence-corrected chi connectivity index (χ0v) is 29.1. The molecule has 2 fully saturated rings. The van der Waals surface area contributed by atoms with E-state index in [1.54, 1.807) is 18.2 Å². The van der Waals surface area contributed by atoms with Gasteiger partial charge in [-0.3, -0.25) is 4.79 Å². The van der Waals surface area contributed by atoms with Crippen LogP contribution in [0.25, 0.3) is 0 Å². The first-order valence-corrected chi connectivity index (χ1v) is 19.4. The molecular formula is C38H49ClN2O5S. The van der Waals surface area contributed by atoms with Gasteiger partial charge in [-0.25, -0.2) is 13.1 Å². The third-order valence-corrected chi connectivity index (χ3v) is 13.0. The van der Waals surface area contributed by atoms with Crippen molar-refractivity contribution in [1.29, 1.82) is 0 Å². The normalized spacial score (nSPS) is 25.2. The minimum atomic E-state index is -3.86. The molecule has 0 bridgehead atoms. The standard InChI is InChI=1S/C38H49ClN2O5S/c1-3-5-7-10-34(42)31-17-14-29(31)23-41-24-38(20-8-9-27-21-30(39)16-18-32(27)38)25-46-35-19-15-28(22-33(35)41)37(43)40-47(44,45)36(11-6-4-2)26-12-13-26/h4,7,10,15-16,18-19,21-22,26,29,31,34,36,42H,2-3,5-6,8-9,11-14,17,20,23-25H2,1H3,(H,40,43)/b10-7-/t29-,31+,34-,36+,38-/m0/s1. The number of unbranched alkanes of at least 4 members (excludes halogenated alkanes) is 1. The van der Waals surface area contributed by atoms with Crippen molar-refractivity contribution in [2.24, 2.45) is 17.8 Å². The molecule has 2 saturated carbocycles. The van der Waals surface area contributed by atoms with Gasteiger partial charge in [0.2, 0.25) is 10.0 Å². The summed E-state index contributed by atoms with van der Waals surface area (Å²) in [5.41, 5.74) is 3.32. The quantitative estimate of drug-likeness (QED) is 0.215. The number of hydrogen-bond donors (Lipinski definition) is 2. The highest BCUT2D eigenvalue weighted by Gasteiger charge is 2.45. The van der Waals surface area contributed by atoms with Crippen LogP contribution >= 0.6 is 11.6 Å². The highest BCUT2D eigenvalue weighted by atomic mass is 35.5. The Morgan fingerprint density at radius 2 is 2.02 bits per heavy atom. The molecule has 2 aromatic carbocycles. The predicted molar refractivity (Wildman–Crippen MR) is 189 cm³/mol. The van der Waals surface area contributed by atoms with Crippen molar-refractivity contribution in [1.82, 2.24) is 4.72 Å². The number of amides is 1. The van der Waals surface area contributed by atoms with Crippen molar-refractivity contribution in [3.05, 3.63) is 82.9 Å². The monoisotopic (exact) mass is 680 g/mol. The van der Waals surface area contributed by atoms with Crippen LogP contribution in [0.2, 0.25) is 5.02 Å². The lowest BCUT2D eigenvalue weighted by Crippen LogP contribution is -2.49. The molecular weight excluding hydrogens is 632 g/mol. The van der Waals surface area contributed by atoms with E-state index in [-0.39, 0.29) is 23.2 Å². The molecule has 3 aliphatic carbocycles. The second kappa shape index (κ2) is 14.4. The minimum Gasteiger partial charge on any atom is -0.490 e. The number of aliphatic hydroxyl groups excluding tert-OH is 1. The van der Waals surface area contributed by atoms with Crippen LogP contribution in [-0.4, -0.2) is 50.5 Å². The molecule has 1 aliphatic heterocycles. The van der Waals surface area contributed by atoms with E-state index in [9.17, 15) is 18.3 Å². The van der Waals surface area contributed by atoms with Crippen molar-refractivity contribution in [3.8, 4) is 5.75 Å². The van der Waals surface area contributed by atoms with Crippen LogP contribution in [0.5, 0.6) is 5.75 Å². The van der Waals surface area contributed by atoms with Gasteiger partial charge in [-0.1, -0.05) is 49.2 Å². The molecule has 1 heterocycles. The van der Waals surface area contributed by atoms with Gasteiger partial charge in [0.25, 0.3) is 5.91 Å². The van der Waals surface area contributed by atoms with E-state index in [1.807, 2.05) is 18.2 Å². The summed E-state index contributed by atoms with van der Waals surface area (Å²) >= 11 is 6.43. The first-order chi connectivity index (χ1) is 22.6. The first-order valence-electron chi connectivity index (χ1n) is 17.5. The maximum absolute atomic E-state index is 13.6. The number of nitrogens with one attached hydrogen (secondary N) is 1. The number of halogens is 1. The molecule has 1 amide bonds. The summed E-state index contributed by atoms with van der Waals surface area (Å²) in [6.07, 6.45) is 15.0. The van der Waals surface area contributed by atoms with Crippen molar-refractivity contribution >= 4 is 33.2 Å². The lowest BCUT2D eigenvalue weighted by Gasteiger charge is -2.45. The Kier molecular flexibility index (Phi) is 10.4. The van der Waals surface area contributed by atoms with Crippen LogP contribution in [0.4, 0.5) is 5.69 Å². The van der Waals surface area contributed by atoms with Gasteiger partial charge in [0, 0.05) is 29.1 Å². The summed E-state index contributed by atoms with van der Waals surface area (Å²) in [5.74, 6) is 0.587. The zero-order chi connectivity index (χ0) is 33.2. The molecule has 7 nitrogen and oxygen atoms in total. The van der Waals surface area contributed by atoms with Crippen LogP contribution in [0.15, 0.2) is 61.2 Å². The molecule has 2 aromatic rings. The number of nitrogens with zero attached hydrogens (tertiary/aromatic N) is 1. The van der Waals surface area contributed by atoms with Gasteiger partial charge in [-0.05, 0) is 123 Å². The molecule has 0 unspecified atom stereocenters. The van der Waals surface area contributed by atoms with Crippen LogP contribution in [-0.2, 0) is 21.9 Å². The number of sulfonamides is 1. The molecule has 0 saturated heterocycles. The van der Waals surface area contributed by atoms with Crippen molar-refractivity contribution < 1.29 is 23.1 Å². The summed E-state index contributed by atoms with van der Waals surface area (Å²) in [6, 6.07) is 11.5. The highest BCUT2D eigenvalue weighted by Crippen LogP contribution is 2.47. The average molecular weight is 681 g/mol. The molecule has 0 radical (unpaired) electrons. The van der Waals surface area contributed by atoms with Gasteiger partial charge in [0.15, 0.2) is 0 Å². The number of fused-ring (bicyclic) bond motifs is 3. The molecule has 5 atom stereocenters. The first kappa shape index (κ1) is 34.1. The SMILES string of the molecule is C=CCC[C@H](C1CC1)S(=O)(=O)NC(=O)c1ccc2c(c1)N(C[C@@H]1CC[C@H]1[C@@H](O)/C=C\CCC)C[C@@]1(CCCc3cc(Cl)ccc31)CO2. The average Bonchev–Trinajstić information content (AvgIpc) is 3.87. The number of ether oxygens (including phenoxy) is 1. The van der Waals surface area contributed by atoms with Gasteiger partial charge in [-0.2, -0.15) is 0 Å². The Morgan fingerprint density at radius 3 is 2.74 bits per heavy atom. The van der Waals surface area contributed by atoms with Crippen LogP contribution in [0, 0.1) is 17.8 Å². The summed E-state index contributed by atoms with van der Waals surface area (Å²) < 4.78 is 35.8. The Morgan fingerprint density at radius 1 is 1.19 bits per heavy atom. The highest BCUT2D eigenvalue weighted by molar-refractivity contribution is 7.90. The number of rotatable bonds is 13. The van der Waals surface area contributed by atoms with E-state index in [0.29, 0.717) is 43.9 Å². The van der Waals surface area contributed by atoms with Crippen molar-refractivity contribution in [3.63, 3.8) is 0 Å². The van der Waals surface area contributed by atoms with Gasteiger partial charge >= 0.3 is 0 Å². The van der Waals surface area contributed by atoms with Crippen molar-refractivity contribution in [2.45, 2.75) is 94.3 Å².